The highest BCUT2D eigenvalue weighted by Gasteiger charge is 2.26. The summed E-state index contributed by atoms with van der Waals surface area (Å²) >= 11 is 0. The predicted octanol–water partition coefficient (Wildman–Crippen LogP) is 4.27. The largest absolute Gasteiger partial charge is 0.490 e. The highest BCUT2D eigenvalue weighted by molar-refractivity contribution is 6.03. The second-order valence-electron chi connectivity index (χ2n) is 9.37. The zero-order valence-corrected chi connectivity index (χ0v) is 20.9. The van der Waals surface area contributed by atoms with Crippen LogP contribution in [-0.4, -0.2) is 43.1 Å². The molecule has 10 nitrogen and oxygen atoms in total. The number of pyridine rings is 2. The fraction of sp³-hybridized carbons (Fsp3) is 0.214. The average Bonchev–Trinajstić information content (AvgIpc) is 3.47. The van der Waals surface area contributed by atoms with Gasteiger partial charge < -0.3 is 14.6 Å². The molecular weight excluding hydrogens is 480 g/mol. The molecule has 1 aromatic carbocycles. The highest BCUT2D eigenvalue weighted by atomic mass is 16.5. The second-order valence-corrected chi connectivity index (χ2v) is 9.37. The molecule has 1 unspecified atom stereocenters. The summed E-state index contributed by atoms with van der Waals surface area (Å²) in [6, 6.07) is 15.0. The first-order chi connectivity index (χ1) is 18.6. The van der Waals surface area contributed by atoms with Crippen LogP contribution in [0.3, 0.4) is 0 Å². The molecule has 2 aliphatic rings. The molecule has 1 aliphatic carbocycles. The van der Waals surface area contributed by atoms with E-state index in [0.29, 0.717) is 23.9 Å². The Morgan fingerprint density at radius 3 is 2.89 bits per heavy atom. The summed E-state index contributed by atoms with van der Waals surface area (Å²) in [6.07, 6.45) is 15.1. The number of benzene rings is 1. The summed E-state index contributed by atoms with van der Waals surface area (Å²) in [5, 5.41) is 6.91. The van der Waals surface area contributed by atoms with Crippen LogP contribution in [0.5, 0.6) is 5.75 Å². The molecule has 0 radical (unpaired) electrons. The van der Waals surface area contributed by atoms with Crippen LogP contribution in [0.2, 0.25) is 0 Å². The number of hydrazine groups is 2. The highest BCUT2D eigenvalue weighted by Crippen LogP contribution is 2.39. The van der Waals surface area contributed by atoms with Crippen molar-refractivity contribution in [3.05, 3.63) is 103 Å². The standard InChI is InChI=1S/C28H28N8O2/c1-20(18-38-25-6-3-10-29-16-25)35-13-12-32-36(35)24-5-2-4-22(14-24)33-28(37)26-15-23(9-11-30-26)34-17-27(31-19-34)21-7-8-21/h2-6,9-17,19-21,32H,7-8,18H2,1H3,(H,33,37). The maximum absolute atomic E-state index is 13.1. The van der Waals surface area contributed by atoms with Gasteiger partial charge in [-0.25, -0.2) is 4.98 Å². The lowest BCUT2D eigenvalue weighted by Crippen LogP contribution is -2.48. The number of nitrogens with zero attached hydrogens (tertiary/aromatic N) is 6. The number of imidazole rings is 1. The predicted molar refractivity (Wildman–Crippen MR) is 144 cm³/mol. The van der Waals surface area contributed by atoms with Crippen LogP contribution in [0.4, 0.5) is 11.4 Å². The number of rotatable bonds is 9. The lowest BCUT2D eigenvalue weighted by atomic mass is 10.2. The van der Waals surface area contributed by atoms with Crippen LogP contribution < -0.4 is 20.6 Å². The summed E-state index contributed by atoms with van der Waals surface area (Å²) in [7, 11) is 0. The maximum atomic E-state index is 13.1. The molecule has 3 aromatic heterocycles. The average molecular weight is 509 g/mol. The maximum Gasteiger partial charge on any atom is 0.274 e. The van der Waals surface area contributed by atoms with Crippen molar-refractivity contribution in [1.82, 2.24) is 30.0 Å². The number of carbonyl (C=O) groups is 1. The van der Waals surface area contributed by atoms with Gasteiger partial charge in [-0.05, 0) is 62.2 Å². The molecule has 1 atom stereocenters. The van der Waals surface area contributed by atoms with Gasteiger partial charge in [0.1, 0.15) is 18.1 Å². The normalized spacial score (nSPS) is 15.3. The molecule has 38 heavy (non-hydrogen) atoms. The van der Waals surface area contributed by atoms with Gasteiger partial charge in [-0.15, -0.1) is 0 Å². The van der Waals surface area contributed by atoms with Crippen LogP contribution in [0, 0.1) is 0 Å². The number of carbonyl (C=O) groups excluding carboxylic acids is 1. The molecule has 4 heterocycles. The molecule has 10 heteroatoms. The number of anilines is 2. The van der Waals surface area contributed by atoms with Crippen molar-refractivity contribution >= 4 is 17.3 Å². The Balaban J connectivity index is 1.12. The van der Waals surface area contributed by atoms with E-state index in [2.05, 4.69) is 32.6 Å². The van der Waals surface area contributed by atoms with Crippen LogP contribution >= 0.6 is 0 Å². The molecule has 4 aromatic rings. The summed E-state index contributed by atoms with van der Waals surface area (Å²) in [5.74, 6) is 1.01. The monoisotopic (exact) mass is 508 g/mol. The first-order valence-corrected chi connectivity index (χ1v) is 12.6. The van der Waals surface area contributed by atoms with Gasteiger partial charge in [0, 0.05) is 42.6 Å². The fourth-order valence-corrected chi connectivity index (χ4v) is 4.28. The van der Waals surface area contributed by atoms with E-state index in [4.69, 9.17) is 4.74 Å². The lowest BCUT2D eigenvalue weighted by Gasteiger charge is -2.34. The Hall–Kier alpha value is -4.86. The molecule has 1 amide bonds. The molecule has 2 N–H and O–H groups in total. The topological polar surface area (TPSA) is 100 Å². The molecule has 0 saturated heterocycles. The molecular formula is C28H28N8O2. The molecule has 0 bridgehead atoms. The van der Waals surface area contributed by atoms with E-state index >= 15 is 0 Å². The van der Waals surface area contributed by atoms with Crippen LogP contribution in [0.15, 0.2) is 92.0 Å². The van der Waals surface area contributed by atoms with Crippen molar-refractivity contribution in [3.63, 3.8) is 0 Å². The van der Waals surface area contributed by atoms with Crippen molar-refractivity contribution in [2.45, 2.75) is 31.7 Å². The first kappa shape index (κ1) is 23.5. The van der Waals surface area contributed by atoms with Crippen molar-refractivity contribution in [2.24, 2.45) is 0 Å². The Bertz CT molecular complexity index is 1450. The summed E-state index contributed by atoms with van der Waals surface area (Å²) < 4.78 is 7.82. The Morgan fingerprint density at radius 1 is 1.13 bits per heavy atom. The SMILES string of the molecule is CC(COc1cccnc1)N1C=CNN1c1cccc(NC(=O)c2cc(-n3cnc(C4CC4)c3)ccn2)c1. The van der Waals surface area contributed by atoms with E-state index in [9.17, 15) is 4.79 Å². The number of amides is 1. The summed E-state index contributed by atoms with van der Waals surface area (Å²) in [6.45, 7) is 2.53. The van der Waals surface area contributed by atoms with E-state index in [1.807, 2.05) is 75.8 Å². The van der Waals surface area contributed by atoms with E-state index in [1.165, 1.54) is 12.8 Å². The van der Waals surface area contributed by atoms with Gasteiger partial charge >= 0.3 is 0 Å². The second kappa shape index (κ2) is 10.3. The van der Waals surface area contributed by atoms with Crippen molar-refractivity contribution in [2.75, 3.05) is 17.0 Å². The minimum Gasteiger partial charge on any atom is -0.490 e. The van der Waals surface area contributed by atoms with Gasteiger partial charge in [0.15, 0.2) is 0 Å². The quantitative estimate of drug-likeness (QED) is 0.346. The third kappa shape index (κ3) is 5.15. The van der Waals surface area contributed by atoms with E-state index in [-0.39, 0.29) is 11.9 Å². The molecule has 0 spiro atoms. The van der Waals surface area contributed by atoms with Crippen LogP contribution in [0.25, 0.3) is 5.69 Å². The minimum absolute atomic E-state index is 0.0234. The lowest BCUT2D eigenvalue weighted by molar-refractivity contribution is 0.102. The summed E-state index contributed by atoms with van der Waals surface area (Å²) in [4.78, 5) is 26.0. The third-order valence-corrected chi connectivity index (χ3v) is 6.45. The van der Waals surface area contributed by atoms with Crippen molar-refractivity contribution in [3.8, 4) is 11.4 Å². The van der Waals surface area contributed by atoms with Crippen LogP contribution in [-0.2, 0) is 0 Å². The smallest absolute Gasteiger partial charge is 0.274 e. The van der Waals surface area contributed by atoms with E-state index in [0.717, 1.165) is 22.8 Å². The van der Waals surface area contributed by atoms with Gasteiger partial charge in [0.05, 0.1) is 35.6 Å². The third-order valence-electron chi connectivity index (χ3n) is 6.45. The zero-order valence-electron chi connectivity index (χ0n) is 20.9. The van der Waals surface area contributed by atoms with Crippen LogP contribution in [0.1, 0.15) is 41.9 Å². The van der Waals surface area contributed by atoms with Gasteiger partial charge in [-0.2, -0.15) is 5.12 Å². The van der Waals surface area contributed by atoms with Gasteiger partial charge in [0.25, 0.3) is 5.91 Å². The molecule has 1 aliphatic heterocycles. The van der Waals surface area contributed by atoms with Gasteiger partial charge in [-0.1, -0.05) is 6.07 Å². The Morgan fingerprint density at radius 2 is 2.05 bits per heavy atom. The van der Waals surface area contributed by atoms with Crippen molar-refractivity contribution < 1.29 is 9.53 Å². The zero-order chi connectivity index (χ0) is 25.9. The Labute approximate surface area is 220 Å². The number of aromatic nitrogens is 4. The molecule has 1 fully saturated rings. The fourth-order valence-electron chi connectivity index (χ4n) is 4.28. The number of hydrogen-bond acceptors (Lipinski definition) is 8. The van der Waals surface area contributed by atoms with E-state index < -0.39 is 0 Å². The van der Waals surface area contributed by atoms with E-state index in [1.54, 1.807) is 31.0 Å². The van der Waals surface area contributed by atoms with Gasteiger partial charge in [-0.3, -0.25) is 25.2 Å². The molecule has 1 saturated carbocycles. The Kier molecular flexibility index (Phi) is 6.35. The number of ether oxygens (including phenoxy) is 1. The molecule has 6 rings (SSSR count). The molecule has 192 valence electrons. The summed E-state index contributed by atoms with van der Waals surface area (Å²) in [5.41, 5.74) is 7.03. The minimum atomic E-state index is -0.283. The number of hydrogen-bond donors (Lipinski definition) is 2. The van der Waals surface area contributed by atoms with Gasteiger partial charge in [0.2, 0.25) is 0 Å². The van der Waals surface area contributed by atoms with Crippen molar-refractivity contribution in [1.29, 1.82) is 0 Å². The first-order valence-electron chi connectivity index (χ1n) is 12.6. The number of nitrogens with one attached hydrogen (secondary N) is 2.